The molecule has 1 aromatic heterocycles. The molecular weight excluding hydrogens is 240 g/mol. The fourth-order valence-corrected chi connectivity index (χ4v) is 2.06. The van der Waals surface area contributed by atoms with Gasteiger partial charge in [0.05, 0.1) is 23.4 Å². The first-order chi connectivity index (χ1) is 9.17. The van der Waals surface area contributed by atoms with Crippen LogP contribution in [0.2, 0.25) is 0 Å². The molecule has 0 saturated heterocycles. The summed E-state index contributed by atoms with van der Waals surface area (Å²) in [6, 6.07) is 7.64. The third-order valence-corrected chi connectivity index (χ3v) is 3.14. The van der Waals surface area contributed by atoms with Crippen LogP contribution in [-0.4, -0.2) is 31.0 Å². The van der Waals surface area contributed by atoms with Crippen molar-refractivity contribution in [3.63, 3.8) is 0 Å². The molecule has 0 aliphatic heterocycles. The van der Waals surface area contributed by atoms with Crippen LogP contribution >= 0.6 is 0 Å². The van der Waals surface area contributed by atoms with Crippen molar-refractivity contribution in [1.29, 1.82) is 0 Å². The molecule has 0 spiro atoms. The maximum absolute atomic E-state index is 11.5. The van der Waals surface area contributed by atoms with Crippen LogP contribution in [0.25, 0.3) is 10.9 Å². The Morgan fingerprint density at radius 1 is 1.42 bits per heavy atom. The van der Waals surface area contributed by atoms with Gasteiger partial charge in [-0.1, -0.05) is 0 Å². The number of benzene rings is 1. The molecule has 1 heterocycles. The van der Waals surface area contributed by atoms with Gasteiger partial charge in [0.2, 0.25) is 5.91 Å². The van der Waals surface area contributed by atoms with Gasteiger partial charge in [0.1, 0.15) is 0 Å². The van der Waals surface area contributed by atoms with Crippen molar-refractivity contribution in [2.75, 3.05) is 30.8 Å². The first-order valence-electron chi connectivity index (χ1n) is 6.26. The number of nitrogens with one attached hydrogen (secondary N) is 1. The van der Waals surface area contributed by atoms with E-state index in [4.69, 9.17) is 5.73 Å². The maximum atomic E-state index is 11.5. The summed E-state index contributed by atoms with van der Waals surface area (Å²) in [4.78, 5) is 17.7. The first kappa shape index (κ1) is 13.1. The highest BCUT2D eigenvalue weighted by molar-refractivity contribution is 5.98. The number of nitrogens with two attached hydrogens (primary N) is 1. The van der Waals surface area contributed by atoms with Gasteiger partial charge in [-0.3, -0.25) is 9.78 Å². The highest BCUT2D eigenvalue weighted by Crippen LogP contribution is 2.30. The zero-order valence-electron chi connectivity index (χ0n) is 11.2. The lowest BCUT2D eigenvalue weighted by atomic mass is 10.1. The molecule has 0 atom stereocenters. The number of likely N-dealkylation sites (N-methyl/N-ethyl adjacent to an activating group) is 2. The zero-order chi connectivity index (χ0) is 13.8. The molecule has 0 aliphatic rings. The summed E-state index contributed by atoms with van der Waals surface area (Å²) >= 11 is 0. The molecular formula is C14H18N4O. The number of rotatable bonds is 4. The van der Waals surface area contributed by atoms with E-state index in [1.165, 1.54) is 0 Å². The number of pyridine rings is 1. The predicted molar refractivity (Wildman–Crippen MR) is 78.1 cm³/mol. The van der Waals surface area contributed by atoms with Crippen LogP contribution in [0.4, 0.5) is 11.4 Å². The number of hydrogen-bond acceptors (Lipinski definition) is 4. The van der Waals surface area contributed by atoms with Gasteiger partial charge in [-0.25, -0.2) is 0 Å². The van der Waals surface area contributed by atoms with Crippen molar-refractivity contribution in [2.24, 2.45) is 0 Å². The van der Waals surface area contributed by atoms with Crippen LogP contribution in [0, 0.1) is 0 Å². The molecule has 19 heavy (non-hydrogen) atoms. The monoisotopic (exact) mass is 258 g/mol. The van der Waals surface area contributed by atoms with Crippen molar-refractivity contribution >= 4 is 28.2 Å². The van der Waals surface area contributed by atoms with E-state index in [2.05, 4.69) is 10.3 Å². The first-order valence-corrected chi connectivity index (χ1v) is 6.26. The molecule has 2 aromatic rings. The minimum atomic E-state index is -0.0347. The summed E-state index contributed by atoms with van der Waals surface area (Å²) in [7, 11) is 1.63. The SMILES string of the molecule is CCN(CC(=O)NC)c1ccc2ncccc2c1N. The summed E-state index contributed by atoms with van der Waals surface area (Å²) in [6.45, 7) is 3.00. The number of carbonyl (C=O) groups is 1. The van der Waals surface area contributed by atoms with Crippen LogP contribution in [-0.2, 0) is 4.79 Å². The van der Waals surface area contributed by atoms with Gasteiger partial charge in [-0.2, -0.15) is 0 Å². The summed E-state index contributed by atoms with van der Waals surface area (Å²) < 4.78 is 0. The van der Waals surface area contributed by atoms with Crippen molar-refractivity contribution in [2.45, 2.75) is 6.92 Å². The van der Waals surface area contributed by atoms with E-state index >= 15 is 0 Å². The van der Waals surface area contributed by atoms with Crippen LogP contribution in [0.5, 0.6) is 0 Å². The zero-order valence-corrected chi connectivity index (χ0v) is 11.2. The second-order valence-corrected chi connectivity index (χ2v) is 4.26. The molecule has 0 bridgehead atoms. The standard InChI is InChI=1S/C14H18N4O/c1-3-18(9-13(19)16-2)12-7-6-11-10(14(12)15)5-4-8-17-11/h4-8H,3,9,15H2,1-2H3,(H,16,19). The lowest BCUT2D eigenvalue weighted by Crippen LogP contribution is -2.35. The number of anilines is 2. The highest BCUT2D eigenvalue weighted by Gasteiger charge is 2.13. The normalized spacial score (nSPS) is 10.4. The van der Waals surface area contributed by atoms with Gasteiger partial charge >= 0.3 is 0 Å². The van der Waals surface area contributed by atoms with E-state index in [9.17, 15) is 4.79 Å². The Kier molecular flexibility index (Phi) is 3.85. The maximum Gasteiger partial charge on any atom is 0.239 e. The quantitative estimate of drug-likeness (QED) is 0.813. The van der Waals surface area contributed by atoms with Gasteiger partial charge in [-0.05, 0) is 31.2 Å². The minimum absolute atomic E-state index is 0.0347. The van der Waals surface area contributed by atoms with Crippen LogP contribution in [0.1, 0.15) is 6.92 Å². The third kappa shape index (κ3) is 2.59. The molecule has 0 radical (unpaired) electrons. The van der Waals surface area contributed by atoms with Gasteiger partial charge < -0.3 is 16.0 Å². The van der Waals surface area contributed by atoms with E-state index in [-0.39, 0.29) is 5.91 Å². The molecule has 0 unspecified atom stereocenters. The van der Waals surface area contributed by atoms with E-state index in [1.807, 2.05) is 36.1 Å². The summed E-state index contributed by atoms with van der Waals surface area (Å²) in [5.74, 6) is -0.0347. The van der Waals surface area contributed by atoms with Crippen molar-refractivity contribution in [3.8, 4) is 0 Å². The second kappa shape index (κ2) is 5.56. The molecule has 0 aliphatic carbocycles. The Hall–Kier alpha value is -2.30. The second-order valence-electron chi connectivity index (χ2n) is 4.26. The Labute approximate surface area is 112 Å². The Balaban J connectivity index is 2.43. The fourth-order valence-electron chi connectivity index (χ4n) is 2.06. The Morgan fingerprint density at radius 2 is 2.21 bits per heavy atom. The van der Waals surface area contributed by atoms with E-state index in [1.54, 1.807) is 13.2 Å². The molecule has 100 valence electrons. The number of aromatic nitrogens is 1. The number of nitrogens with zero attached hydrogens (tertiary/aromatic N) is 2. The minimum Gasteiger partial charge on any atom is -0.396 e. The molecule has 0 fully saturated rings. The molecule has 5 heteroatoms. The van der Waals surface area contributed by atoms with Crippen LogP contribution < -0.4 is 16.0 Å². The van der Waals surface area contributed by atoms with E-state index in [0.29, 0.717) is 18.8 Å². The lowest BCUT2D eigenvalue weighted by molar-refractivity contribution is -0.119. The third-order valence-electron chi connectivity index (χ3n) is 3.14. The number of nitrogen functional groups attached to an aromatic ring is 1. The average Bonchev–Trinajstić information content (AvgIpc) is 2.45. The number of amides is 1. The molecule has 1 aromatic carbocycles. The van der Waals surface area contributed by atoms with Gasteiger partial charge in [0, 0.05) is 25.2 Å². The van der Waals surface area contributed by atoms with Crippen LogP contribution in [0.3, 0.4) is 0 Å². The lowest BCUT2D eigenvalue weighted by Gasteiger charge is -2.24. The predicted octanol–water partition coefficient (Wildman–Crippen LogP) is 1.39. The molecule has 1 amide bonds. The van der Waals surface area contributed by atoms with Crippen molar-refractivity contribution < 1.29 is 4.79 Å². The van der Waals surface area contributed by atoms with Gasteiger partial charge in [0.25, 0.3) is 0 Å². The van der Waals surface area contributed by atoms with Gasteiger partial charge in [-0.15, -0.1) is 0 Å². The molecule has 3 N–H and O–H groups in total. The Morgan fingerprint density at radius 3 is 2.89 bits per heavy atom. The molecule has 2 rings (SSSR count). The number of hydrogen-bond donors (Lipinski definition) is 2. The highest BCUT2D eigenvalue weighted by atomic mass is 16.1. The topological polar surface area (TPSA) is 71.2 Å². The van der Waals surface area contributed by atoms with Crippen molar-refractivity contribution in [3.05, 3.63) is 30.5 Å². The fraction of sp³-hybridized carbons (Fsp3) is 0.286. The van der Waals surface area contributed by atoms with Crippen LogP contribution in [0.15, 0.2) is 30.5 Å². The smallest absolute Gasteiger partial charge is 0.239 e. The van der Waals surface area contributed by atoms with E-state index < -0.39 is 0 Å². The summed E-state index contributed by atoms with van der Waals surface area (Å²) in [5, 5.41) is 3.53. The number of carbonyl (C=O) groups excluding carboxylic acids is 1. The largest absolute Gasteiger partial charge is 0.396 e. The summed E-state index contributed by atoms with van der Waals surface area (Å²) in [6.07, 6.45) is 1.74. The van der Waals surface area contributed by atoms with E-state index in [0.717, 1.165) is 16.6 Å². The van der Waals surface area contributed by atoms with Gasteiger partial charge in [0.15, 0.2) is 0 Å². The Bertz CT molecular complexity index is 597. The summed E-state index contributed by atoms with van der Waals surface area (Å²) in [5.41, 5.74) is 8.59. The molecule has 0 saturated carbocycles. The average molecular weight is 258 g/mol. The molecule has 5 nitrogen and oxygen atoms in total. The van der Waals surface area contributed by atoms with Crippen molar-refractivity contribution in [1.82, 2.24) is 10.3 Å². The number of fused-ring (bicyclic) bond motifs is 1.